The summed E-state index contributed by atoms with van der Waals surface area (Å²) in [6.07, 6.45) is 3.23. The first-order chi connectivity index (χ1) is 9.30. The molecule has 20 heavy (non-hydrogen) atoms. The highest BCUT2D eigenvalue weighted by Crippen LogP contribution is 2.45. The molecule has 5 heteroatoms. The minimum Gasteiger partial charge on any atom is -0.481 e. The maximum absolute atomic E-state index is 13.0. The minimum absolute atomic E-state index is 0.0627. The van der Waals surface area contributed by atoms with Gasteiger partial charge in [0.2, 0.25) is 0 Å². The van der Waals surface area contributed by atoms with Gasteiger partial charge in [0.15, 0.2) is 0 Å². The molecule has 1 aromatic rings. The third-order valence-electron chi connectivity index (χ3n) is 3.92. The molecule has 2 rings (SSSR count). The molecule has 0 fully saturated rings. The fourth-order valence-electron chi connectivity index (χ4n) is 2.70. The zero-order valence-electron chi connectivity index (χ0n) is 11.0. The first kappa shape index (κ1) is 14.2. The van der Waals surface area contributed by atoms with Crippen LogP contribution in [0.1, 0.15) is 25.3 Å². The van der Waals surface area contributed by atoms with Crippen molar-refractivity contribution in [1.82, 2.24) is 0 Å². The molecule has 1 aliphatic rings. The molecule has 0 spiro atoms. The van der Waals surface area contributed by atoms with Crippen LogP contribution in [0.5, 0.6) is 0 Å². The molecule has 0 amide bonds. The van der Waals surface area contributed by atoms with Crippen LogP contribution in [0.15, 0.2) is 36.4 Å². The molecule has 2 unspecified atom stereocenters. The lowest BCUT2D eigenvalue weighted by molar-refractivity contribution is -0.151. The van der Waals surface area contributed by atoms with Gasteiger partial charge in [0, 0.05) is 0 Å². The molecule has 0 bridgehead atoms. The smallest absolute Gasteiger partial charge is 0.314 e. The van der Waals surface area contributed by atoms with Crippen LogP contribution >= 0.6 is 0 Å². The van der Waals surface area contributed by atoms with Gasteiger partial charge in [0.25, 0.3) is 0 Å². The Bertz CT molecular complexity index is 578. The first-order valence-corrected chi connectivity index (χ1v) is 6.21. The number of aliphatic carboxylic acids is 2. The standard InChI is InChI=1S/C15H15FO4/c1-14(12(17)18)7-2-8-15(9-14,13(19)20)10-3-5-11(16)6-4-10/h2-7H,8-9H2,1H3,(H,17,18)(H,19,20). The van der Waals surface area contributed by atoms with Crippen molar-refractivity contribution in [1.29, 1.82) is 0 Å². The first-order valence-electron chi connectivity index (χ1n) is 6.21. The summed E-state index contributed by atoms with van der Waals surface area (Å²) in [5.74, 6) is -2.62. The molecule has 2 N–H and O–H groups in total. The second-order valence-electron chi connectivity index (χ2n) is 5.40. The maximum Gasteiger partial charge on any atom is 0.314 e. The van der Waals surface area contributed by atoms with Crippen molar-refractivity contribution in [3.63, 3.8) is 0 Å². The van der Waals surface area contributed by atoms with E-state index in [-0.39, 0.29) is 12.8 Å². The van der Waals surface area contributed by atoms with Gasteiger partial charge in [-0.1, -0.05) is 24.3 Å². The topological polar surface area (TPSA) is 74.6 Å². The van der Waals surface area contributed by atoms with E-state index < -0.39 is 28.6 Å². The van der Waals surface area contributed by atoms with Gasteiger partial charge < -0.3 is 10.2 Å². The number of hydrogen-bond acceptors (Lipinski definition) is 2. The van der Waals surface area contributed by atoms with Crippen LogP contribution in [0.3, 0.4) is 0 Å². The number of benzene rings is 1. The number of rotatable bonds is 3. The van der Waals surface area contributed by atoms with Crippen molar-refractivity contribution >= 4 is 11.9 Å². The Kier molecular flexibility index (Phi) is 3.38. The summed E-state index contributed by atoms with van der Waals surface area (Å²) in [5, 5.41) is 18.9. The molecule has 0 saturated heterocycles. The summed E-state index contributed by atoms with van der Waals surface area (Å²) in [5.41, 5.74) is -2.16. The Balaban J connectivity index is 2.52. The average Bonchev–Trinajstić information content (AvgIpc) is 2.39. The molecule has 0 aromatic heterocycles. The molecule has 1 aliphatic carbocycles. The molecule has 0 saturated carbocycles. The van der Waals surface area contributed by atoms with Crippen LogP contribution in [0, 0.1) is 11.2 Å². The van der Waals surface area contributed by atoms with Crippen LogP contribution in [0.4, 0.5) is 4.39 Å². The molecular formula is C15H15FO4. The van der Waals surface area contributed by atoms with Crippen LogP contribution in [0.2, 0.25) is 0 Å². The zero-order chi connectivity index (χ0) is 15.0. The second-order valence-corrected chi connectivity index (χ2v) is 5.40. The molecule has 0 radical (unpaired) electrons. The monoisotopic (exact) mass is 278 g/mol. The van der Waals surface area contributed by atoms with Gasteiger partial charge >= 0.3 is 11.9 Å². The predicted molar refractivity (Wildman–Crippen MR) is 69.8 cm³/mol. The maximum atomic E-state index is 13.0. The molecule has 0 aliphatic heterocycles. The molecular weight excluding hydrogens is 263 g/mol. The number of carbonyl (C=O) groups is 2. The molecule has 2 atom stereocenters. The number of allylic oxidation sites excluding steroid dienone is 1. The molecule has 4 nitrogen and oxygen atoms in total. The van der Waals surface area contributed by atoms with E-state index in [0.29, 0.717) is 5.56 Å². The fourth-order valence-corrected chi connectivity index (χ4v) is 2.70. The van der Waals surface area contributed by atoms with E-state index in [1.165, 1.54) is 37.3 Å². The Morgan fingerprint density at radius 3 is 2.25 bits per heavy atom. The third kappa shape index (κ3) is 2.19. The van der Waals surface area contributed by atoms with E-state index in [1.807, 2.05) is 0 Å². The number of halogens is 1. The summed E-state index contributed by atoms with van der Waals surface area (Å²) in [7, 11) is 0. The Labute approximate surface area is 115 Å². The minimum atomic E-state index is -1.34. The molecule has 1 aromatic carbocycles. The van der Waals surface area contributed by atoms with Gasteiger partial charge in [-0.25, -0.2) is 4.39 Å². The van der Waals surface area contributed by atoms with Crippen LogP contribution in [0.25, 0.3) is 0 Å². The van der Waals surface area contributed by atoms with Gasteiger partial charge in [-0.15, -0.1) is 0 Å². The van der Waals surface area contributed by atoms with Crippen LogP contribution in [-0.2, 0) is 15.0 Å². The van der Waals surface area contributed by atoms with E-state index in [0.717, 1.165) is 0 Å². The number of hydrogen-bond donors (Lipinski definition) is 2. The van der Waals surface area contributed by atoms with Crippen molar-refractivity contribution < 1.29 is 24.2 Å². The number of carboxylic acids is 2. The average molecular weight is 278 g/mol. The van der Waals surface area contributed by atoms with Crippen molar-refractivity contribution in [2.24, 2.45) is 5.41 Å². The van der Waals surface area contributed by atoms with E-state index in [4.69, 9.17) is 0 Å². The lowest BCUT2D eigenvalue weighted by atomic mass is 9.63. The SMILES string of the molecule is CC1(C(=O)O)C=CCC(C(=O)O)(c2ccc(F)cc2)C1. The highest BCUT2D eigenvalue weighted by molar-refractivity contribution is 5.85. The van der Waals surface area contributed by atoms with E-state index >= 15 is 0 Å². The largest absolute Gasteiger partial charge is 0.481 e. The zero-order valence-corrected chi connectivity index (χ0v) is 11.0. The fraction of sp³-hybridized carbons (Fsp3) is 0.333. The Morgan fingerprint density at radius 1 is 1.15 bits per heavy atom. The summed E-state index contributed by atoms with van der Waals surface area (Å²) < 4.78 is 13.0. The van der Waals surface area contributed by atoms with Crippen molar-refractivity contribution in [2.45, 2.75) is 25.2 Å². The normalized spacial score (nSPS) is 29.1. The summed E-state index contributed by atoms with van der Waals surface area (Å²) >= 11 is 0. The van der Waals surface area contributed by atoms with E-state index in [1.54, 1.807) is 6.08 Å². The molecule has 0 heterocycles. The Morgan fingerprint density at radius 2 is 1.75 bits per heavy atom. The predicted octanol–water partition coefficient (Wildman–Crippen LogP) is 2.59. The Hall–Kier alpha value is -2.17. The summed E-state index contributed by atoms with van der Waals surface area (Å²) in [4.78, 5) is 23.1. The van der Waals surface area contributed by atoms with Gasteiger partial charge in [-0.2, -0.15) is 0 Å². The summed E-state index contributed by atoms with van der Waals surface area (Å²) in [6.45, 7) is 1.49. The van der Waals surface area contributed by atoms with Crippen LogP contribution in [-0.4, -0.2) is 22.2 Å². The lowest BCUT2D eigenvalue weighted by Crippen LogP contribution is -2.45. The lowest BCUT2D eigenvalue weighted by Gasteiger charge is -2.38. The van der Waals surface area contributed by atoms with Gasteiger partial charge in [0.05, 0.1) is 10.8 Å². The van der Waals surface area contributed by atoms with E-state index in [2.05, 4.69) is 0 Å². The number of carboxylic acid groups (broad SMARTS) is 2. The van der Waals surface area contributed by atoms with Crippen molar-refractivity contribution in [3.8, 4) is 0 Å². The van der Waals surface area contributed by atoms with Crippen molar-refractivity contribution in [2.75, 3.05) is 0 Å². The van der Waals surface area contributed by atoms with Gasteiger partial charge in [-0.05, 0) is 37.5 Å². The van der Waals surface area contributed by atoms with Crippen LogP contribution < -0.4 is 0 Å². The highest BCUT2D eigenvalue weighted by atomic mass is 19.1. The second kappa shape index (κ2) is 4.74. The van der Waals surface area contributed by atoms with Gasteiger partial charge in [0.1, 0.15) is 5.82 Å². The van der Waals surface area contributed by atoms with Gasteiger partial charge in [-0.3, -0.25) is 9.59 Å². The highest BCUT2D eigenvalue weighted by Gasteiger charge is 2.49. The molecule has 106 valence electrons. The third-order valence-corrected chi connectivity index (χ3v) is 3.92. The quantitative estimate of drug-likeness (QED) is 0.833. The van der Waals surface area contributed by atoms with Crippen molar-refractivity contribution in [3.05, 3.63) is 47.8 Å². The summed E-state index contributed by atoms with van der Waals surface area (Å²) in [6, 6.07) is 5.20. The van der Waals surface area contributed by atoms with E-state index in [9.17, 15) is 24.2 Å².